The molecule has 0 aliphatic carbocycles. The molecule has 0 unspecified atom stereocenters. The van der Waals surface area contributed by atoms with E-state index in [1.54, 1.807) is 41.9 Å². The largest absolute Gasteiger partial charge is 0.289 e. The van der Waals surface area contributed by atoms with E-state index in [1.807, 2.05) is 19.1 Å². The lowest BCUT2D eigenvalue weighted by molar-refractivity contribution is 0.0950. The molecule has 5 heteroatoms. The van der Waals surface area contributed by atoms with E-state index in [1.165, 1.54) is 4.88 Å². The van der Waals surface area contributed by atoms with Crippen molar-refractivity contribution in [1.82, 2.24) is 10.4 Å². The lowest BCUT2D eigenvalue weighted by Gasteiger charge is -1.96. The first-order valence-corrected chi connectivity index (χ1v) is 5.88. The number of thiophene rings is 1. The van der Waals surface area contributed by atoms with Crippen LogP contribution in [0.15, 0.2) is 41.6 Å². The van der Waals surface area contributed by atoms with Gasteiger partial charge in [-0.1, -0.05) is 6.07 Å². The van der Waals surface area contributed by atoms with Crippen LogP contribution in [0.3, 0.4) is 0 Å². The van der Waals surface area contributed by atoms with Crippen molar-refractivity contribution in [3.8, 4) is 0 Å². The Kier molecular flexibility index (Phi) is 3.62. The summed E-state index contributed by atoms with van der Waals surface area (Å²) in [6, 6.07) is 9.12. The maximum absolute atomic E-state index is 11.6. The van der Waals surface area contributed by atoms with Gasteiger partial charge in [0.1, 0.15) is 5.69 Å². The second kappa shape index (κ2) is 5.36. The zero-order chi connectivity index (χ0) is 12.1. The van der Waals surface area contributed by atoms with Crippen molar-refractivity contribution in [2.24, 2.45) is 5.10 Å². The van der Waals surface area contributed by atoms with E-state index in [4.69, 9.17) is 0 Å². The number of nitrogens with zero attached hydrogens (tertiary/aromatic N) is 2. The predicted octanol–water partition coefficient (Wildman–Crippen LogP) is 2.22. The van der Waals surface area contributed by atoms with Crippen molar-refractivity contribution in [2.75, 3.05) is 0 Å². The Morgan fingerprint density at radius 1 is 1.41 bits per heavy atom. The van der Waals surface area contributed by atoms with E-state index in [0.29, 0.717) is 5.69 Å². The predicted molar refractivity (Wildman–Crippen MR) is 68.4 cm³/mol. The van der Waals surface area contributed by atoms with Crippen LogP contribution in [-0.2, 0) is 0 Å². The van der Waals surface area contributed by atoms with Crippen LogP contribution in [-0.4, -0.2) is 17.1 Å². The highest BCUT2D eigenvalue weighted by atomic mass is 32.1. The summed E-state index contributed by atoms with van der Waals surface area (Å²) in [6.45, 7) is 2.02. The molecule has 2 heterocycles. The molecule has 0 atom stereocenters. The summed E-state index contributed by atoms with van der Waals surface area (Å²) in [5, 5.41) is 3.88. The molecule has 1 N–H and O–H groups in total. The molecule has 0 bridgehead atoms. The molecule has 0 aliphatic heterocycles. The molecule has 2 rings (SSSR count). The zero-order valence-electron chi connectivity index (χ0n) is 9.25. The van der Waals surface area contributed by atoms with Gasteiger partial charge in [-0.15, -0.1) is 11.3 Å². The van der Waals surface area contributed by atoms with Gasteiger partial charge in [0.25, 0.3) is 5.91 Å². The average Bonchev–Trinajstić information content (AvgIpc) is 2.76. The third-order valence-electron chi connectivity index (χ3n) is 2.02. The van der Waals surface area contributed by atoms with E-state index < -0.39 is 0 Å². The standard InChI is InChI=1S/C12H11N3OS/c1-9-5-6-10(17-9)8-14-15-12(16)11-4-2-3-7-13-11/h2-8H,1H3,(H,15,16). The van der Waals surface area contributed by atoms with Gasteiger partial charge in [-0.05, 0) is 31.2 Å². The second-order valence-electron chi connectivity index (χ2n) is 3.36. The van der Waals surface area contributed by atoms with E-state index in [-0.39, 0.29) is 5.91 Å². The normalized spacial score (nSPS) is 10.6. The first-order chi connectivity index (χ1) is 8.25. The van der Waals surface area contributed by atoms with Crippen LogP contribution >= 0.6 is 11.3 Å². The first kappa shape index (κ1) is 11.5. The van der Waals surface area contributed by atoms with Crippen LogP contribution in [0, 0.1) is 6.92 Å². The molecule has 86 valence electrons. The fourth-order valence-corrected chi connectivity index (χ4v) is 1.98. The summed E-state index contributed by atoms with van der Waals surface area (Å²) in [5.41, 5.74) is 2.79. The van der Waals surface area contributed by atoms with Gasteiger partial charge in [-0.2, -0.15) is 5.10 Å². The SMILES string of the molecule is Cc1ccc(C=NNC(=O)c2ccccn2)s1. The summed E-state index contributed by atoms with van der Waals surface area (Å²) in [4.78, 5) is 17.7. The number of carbonyl (C=O) groups excluding carboxylic acids is 1. The molecular formula is C12H11N3OS. The molecule has 0 saturated carbocycles. The molecule has 4 nitrogen and oxygen atoms in total. The minimum atomic E-state index is -0.310. The quantitative estimate of drug-likeness (QED) is 0.666. The Balaban J connectivity index is 1.95. The van der Waals surface area contributed by atoms with Gasteiger partial charge in [-0.3, -0.25) is 9.78 Å². The van der Waals surface area contributed by atoms with Gasteiger partial charge >= 0.3 is 0 Å². The van der Waals surface area contributed by atoms with Gasteiger partial charge in [0.15, 0.2) is 0 Å². The molecule has 2 aromatic rings. The number of amides is 1. The van der Waals surface area contributed by atoms with Crippen molar-refractivity contribution in [2.45, 2.75) is 6.92 Å². The lowest BCUT2D eigenvalue weighted by Crippen LogP contribution is -2.18. The Hall–Kier alpha value is -2.01. The Bertz CT molecular complexity index is 534. The smallest absolute Gasteiger partial charge is 0.266 e. The van der Waals surface area contributed by atoms with E-state index >= 15 is 0 Å². The molecule has 0 aromatic carbocycles. The molecule has 0 spiro atoms. The molecule has 0 radical (unpaired) electrons. The summed E-state index contributed by atoms with van der Waals surface area (Å²) < 4.78 is 0. The van der Waals surface area contributed by atoms with Crippen molar-refractivity contribution >= 4 is 23.5 Å². The average molecular weight is 245 g/mol. The molecular weight excluding hydrogens is 234 g/mol. The van der Waals surface area contributed by atoms with Crippen LogP contribution in [0.25, 0.3) is 0 Å². The summed E-state index contributed by atoms with van der Waals surface area (Å²) in [5.74, 6) is -0.310. The third kappa shape index (κ3) is 3.22. The number of hydrazone groups is 1. The van der Waals surface area contributed by atoms with Gasteiger partial charge in [0.2, 0.25) is 0 Å². The first-order valence-electron chi connectivity index (χ1n) is 5.06. The van der Waals surface area contributed by atoms with E-state index in [9.17, 15) is 4.79 Å². The van der Waals surface area contributed by atoms with Gasteiger partial charge in [0, 0.05) is 16.0 Å². The van der Waals surface area contributed by atoms with Crippen molar-refractivity contribution in [3.05, 3.63) is 52.0 Å². The molecule has 17 heavy (non-hydrogen) atoms. The molecule has 1 amide bonds. The number of hydrogen-bond acceptors (Lipinski definition) is 4. The van der Waals surface area contributed by atoms with Crippen molar-refractivity contribution < 1.29 is 4.79 Å². The molecule has 0 fully saturated rings. The monoisotopic (exact) mass is 245 g/mol. The number of carbonyl (C=O) groups is 1. The Morgan fingerprint density at radius 3 is 2.94 bits per heavy atom. The van der Waals surface area contributed by atoms with E-state index in [2.05, 4.69) is 15.5 Å². The maximum atomic E-state index is 11.6. The van der Waals surface area contributed by atoms with Crippen LogP contribution in [0.2, 0.25) is 0 Å². The van der Waals surface area contributed by atoms with Gasteiger partial charge < -0.3 is 0 Å². The lowest BCUT2D eigenvalue weighted by atomic mass is 10.3. The van der Waals surface area contributed by atoms with Crippen LogP contribution in [0.5, 0.6) is 0 Å². The summed E-state index contributed by atoms with van der Waals surface area (Å²) in [6.07, 6.45) is 3.19. The van der Waals surface area contributed by atoms with Crippen molar-refractivity contribution in [3.63, 3.8) is 0 Å². The highest BCUT2D eigenvalue weighted by molar-refractivity contribution is 7.13. The van der Waals surface area contributed by atoms with Crippen LogP contribution in [0.4, 0.5) is 0 Å². The minimum Gasteiger partial charge on any atom is -0.266 e. The molecule has 2 aromatic heterocycles. The summed E-state index contributed by atoms with van der Waals surface area (Å²) in [7, 11) is 0. The second-order valence-corrected chi connectivity index (χ2v) is 4.68. The fourth-order valence-electron chi connectivity index (χ4n) is 1.23. The van der Waals surface area contributed by atoms with E-state index in [0.717, 1.165) is 4.88 Å². The minimum absolute atomic E-state index is 0.310. The highest BCUT2D eigenvalue weighted by Gasteiger charge is 2.03. The topological polar surface area (TPSA) is 54.4 Å². The maximum Gasteiger partial charge on any atom is 0.289 e. The Morgan fingerprint density at radius 2 is 2.29 bits per heavy atom. The van der Waals surface area contributed by atoms with Crippen LogP contribution < -0.4 is 5.43 Å². The molecule has 0 aliphatic rings. The highest BCUT2D eigenvalue weighted by Crippen LogP contribution is 2.12. The number of pyridine rings is 1. The molecule has 0 saturated heterocycles. The number of aromatic nitrogens is 1. The van der Waals surface area contributed by atoms with Gasteiger partial charge in [0.05, 0.1) is 6.21 Å². The third-order valence-corrected chi connectivity index (χ3v) is 2.95. The number of nitrogens with one attached hydrogen (secondary N) is 1. The van der Waals surface area contributed by atoms with Crippen molar-refractivity contribution in [1.29, 1.82) is 0 Å². The van der Waals surface area contributed by atoms with Gasteiger partial charge in [-0.25, -0.2) is 5.43 Å². The fraction of sp³-hybridized carbons (Fsp3) is 0.0833. The number of rotatable bonds is 3. The summed E-state index contributed by atoms with van der Waals surface area (Å²) >= 11 is 1.62. The number of hydrogen-bond donors (Lipinski definition) is 1. The van der Waals surface area contributed by atoms with Crippen LogP contribution in [0.1, 0.15) is 20.2 Å². The Labute approximate surface area is 103 Å². The number of aryl methyl sites for hydroxylation is 1. The zero-order valence-corrected chi connectivity index (χ0v) is 10.1.